The van der Waals surface area contributed by atoms with E-state index in [1.54, 1.807) is 0 Å². The molecule has 0 amide bonds. The van der Waals surface area contributed by atoms with E-state index in [4.69, 9.17) is 10.5 Å². The molecule has 0 bridgehead atoms. The van der Waals surface area contributed by atoms with Crippen molar-refractivity contribution in [2.45, 2.75) is 37.0 Å². The molecule has 2 N–H and O–H groups in total. The summed E-state index contributed by atoms with van der Waals surface area (Å²) in [5.74, 6) is 2.28. The van der Waals surface area contributed by atoms with Crippen LogP contribution >= 0.6 is 0 Å². The summed E-state index contributed by atoms with van der Waals surface area (Å²) >= 11 is 0. The number of para-hydroxylation sites is 1. The Bertz CT molecular complexity index is 471. The van der Waals surface area contributed by atoms with Gasteiger partial charge in [0.05, 0.1) is 11.3 Å². The summed E-state index contributed by atoms with van der Waals surface area (Å²) in [6.45, 7) is 0.484. The fourth-order valence-electron chi connectivity index (χ4n) is 3.14. The molecule has 0 radical (unpaired) electrons. The maximum atomic E-state index is 12.5. The Morgan fingerprint density at radius 2 is 2.00 bits per heavy atom. The van der Waals surface area contributed by atoms with Crippen LogP contribution in [0, 0.1) is 5.92 Å². The minimum Gasteiger partial charge on any atom is -0.492 e. The predicted molar refractivity (Wildman–Crippen MR) is 77.6 cm³/mol. The third-order valence-corrected chi connectivity index (χ3v) is 6.20. The first-order chi connectivity index (χ1) is 9.25. The van der Waals surface area contributed by atoms with Crippen LogP contribution < -0.4 is 10.5 Å². The molecule has 1 heterocycles. The lowest BCUT2D eigenvalue weighted by Gasteiger charge is -2.31. The molecule has 1 saturated carbocycles. The molecule has 2 aliphatic rings. The second-order valence-corrected chi connectivity index (χ2v) is 7.31. The molecule has 3 atom stereocenters. The van der Waals surface area contributed by atoms with Gasteiger partial charge in [-0.25, -0.2) is 0 Å². The minimum atomic E-state index is -0.884. The Hall–Kier alpha value is -0.870. The number of nitrogens with two attached hydrogens (primary N) is 1. The summed E-state index contributed by atoms with van der Waals surface area (Å²) in [6.07, 6.45) is 5.03. The van der Waals surface area contributed by atoms with E-state index in [0.29, 0.717) is 12.5 Å². The minimum absolute atomic E-state index is 0.0597. The SMILES string of the molecule is NC1c2ccccc2OCC1S(=O)CC1CCCC1. The first kappa shape index (κ1) is 13.1. The van der Waals surface area contributed by atoms with Gasteiger partial charge in [0.2, 0.25) is 0 Å². The van der Waals surface area contributed by atoms with Gasteiger partial charge >= 0.3 is 0 Å². The van der Waals surface area contributed by atoms with Crippen molar-refractivity contribution < 1.29 is 8.95 Å². The number of hydrogen-bond donors (Lipinski definition) is 1. The molecule has 1 aromatic rings. The molecular weight excluding hydrogens is 258 g/mol. The number of hydrogen-bond acceptors (Lipinski definition) is 3. The first-order valence-corrected chi connectivity index (χ1v) is 8.48. The van der Waals surface area contributed by atoms with Crippen LogP contribution in [0.5, 0.6) is 5.75 Å². The highest BCUT2D eigenvalue weighted by Gasteiger charge is 2.33. The number of rotatable bonds is 3. The molecule has 1 aliphatic carbocycles. The van der Waals surface area contributed by atoms with Gasteiger partial charge in [0.25, 0.3) is 0 Å². The molecule has 1 aromatic carbocycles. The zero-order chi connectivity index (χ0) is 13.2. The van der Waals surface area contributed by atoms with Gasteiger partial charge in [0.1, 0.15) is 12.4 Å². The van der Waals surface area contributed by atoms with E-state index in [0.717, 1.165) is 17.1 Å². The number of ether oxygens (including phenoxy) is 1. The van der Waals surface area contributed by atoms with E-state index in [1.807, 2.05) is 24.3 Å². The van der Waals surface area contributed by atoms with E-state index >= 15 is 0 Å². The van der Waals surface area contributed by atoms with Gasteiger partial charge < -0.3 is 10.5 Å². The molecule has 3 unspecified atom stereocenters. The van der Waals surface area contributed by atoms with E-state index in [9.17, 15) is 4.21 Å². The fourth-order valence-corrected chi connectivity index (χ4v) is 4.87. The van der Waals surface area contributed by atoms with E-state index in [-0.39, 0.29) is 11.3 Å². The average Bonchev–Trinajstić information content (AvgIpc) is 2.92. The zero-order valence-corrected chi connectivity index (χ0v) is 11.9. The van der Waals surface area contributed by atoms with Crippen LogP contribution in [0.15, 0.2) is 24.3 Å². The van der Waals surface area contributed by atoms with Gasteiger partial charge in [-0.2, -0.15) is 0 Å². The first-order valence-electron chi connectivity index (χ1n) is 7.10. The van der Waals surface area contributed by atoms with Gasteiger partial charge in [0.15, 0.2) is 0 Å². The van der Waals surface area contributed by atoms with Gasteiger partial charge in [-0.15, -0.1) is 0 Å². The van der Waals surface area contributed by atoms with Crippen molar-refractivity contribution in [2.75, 3.05) is 12.4 Å². The summed E-state index contributed by atoms with van der Waals surface area (Å²) < 4.78 is 18.2. The highest BCUT2D eigenvalue weighted by Crippen LogP contribution is 2.34. The molecule has 3 nitrogen and oxygen atoms in total. The van der Waals surface area contributed by atoms with Crippen molar-refractivity contribution in [1.29, 1.82) is 0 Å². The summed E-state index contributed by atoms with van der Waals surface area (Å²) in [5.41, 5.74) is 7.29. The van der Waals surface area contributed by atoms with Gasteiger partial charge in [-0.1, -0.05) is 31.0 Å². The molecule has 0 spiro atoms. The van der Waals surface area contributed by atoms with Gasteiger partial charge in [-0.05, 0) is 24.8 Å². The third kappa shape index (κ3) is 2.70. The highest BCUT2D eigenvalue weighted by atomic mass is 32.2. The van der Waals surface area contributed by atoms with Crippen LogP contribution in [0.2, 0.25) is 0 Å². The largest absolute Gasteiger partial charge is 0.492 e. The van der Waals surface area contributed by atoms with E-state index in [2.05, 4.69) is 0 Å². The highest BCUT2D eigenvalue weighted by molar-refractivity contribution is 7.85. The molecule has 3 rings (SSSR count). The second kappa shape index (κ2) is 5.63. The Morgan fingerprint density at radius 3 is 2.79 bits per heavy atom. The molecule has 1 aliphatic heterocycles. The molecule has 104 valence electrons. The Balaban J connectivity index is 1.70. The molecule has 4 heteroatoms. The maximum Gasteiger partial charge on any atom is 0.124 e. The van der Waals surface area contributed by atoms with Crippen molar-refractivity contribution >= 4 is 10.8 Å². The Morgan fingerprint density at radius 1 is 1.26 bits per heavy atom. The molecular formula is C15H21NO2S. The van der Waals surface area contributed by atoms with Crippen LogP contribution in [0.1, 0.15) is 37.3 Å². The fraction of sp³-hybridized carbons (Fsp3) is 0.600. The molecule has 0 aromatic heterocycles. The average molecular weight is 279 g/mol. The quantitative estimate of drug-likeness (QED) is 0.924. The summed E-state index contributed by atoms with van der Waals surface area (Å²) in [4.78, 5) is 0. The van der Waals surface area contributed by atoms with Crippen LogP contribution in [0.3, 0.4) is 0 Å². The molecule has 0 saturated heterocycles. The lowest BCUT2D eigenvalue weighted by atomic mass is 10.0. The summed E-state index contributed by atoms with van der Waals surface area (Å²) in [5, 5.41) is -0.0597. The van der Waals surface area contributed by atoms with Gasteiger partial charge in [0, 0.05) is 22.1 Å². The second-order valence-electron chi connectivity index (χ2n) is 5.61. The van der Waals surface area contributed by atoms with Crippen LogP contribution in [-0.4, -0.2) is 21.8 Å². The number of benzene rings is 1. The molecule has 19 heavy (non-hydrogen) atoms. The smallest absolute Gasteiger partial charge is 0.124 e. The zero-order valence-electron chi connectivity index (χ0n) is 11.1. The van der Waals surface area contributed by atoms with Crippen molar-refractivity contribution in [1.82, 2.24) is 0 Å². The van der Waals surface area contributed by atoms with Crippen molar-refractivity contribution in [3.63, 3.8) is 0 Å². The van der Waals surface area contributed by atoms with Crippen LogP contribution in [-0.2, 0) is 10.8 Å². The number of fused-ring (bicyclic) bond motifs is 1. The maximum absolute atomic E-state index is 12.5. The van der Waals surface area contributed by atoms with Gasteiger partial charge in [-0.3, -0.25) is 4.21 Å². The van der Waals surface area contributed by atoms with E-state index in [1.165, 1.54) is 25.7 Å². The van der Waals surface area contributed by atoms with Crippen molar-refractivity contribution in [2.24, 2.45) is 11.7 Å². The normalized spacial score (nSPS) is 28.7. The molecule has 1 fully saturated rings. The topological polar surface area (TPSA) is 52.3 Å². The Labute approximate surface area is 117 Å². The predicted octanol–water partition coefficient (Wildman–Crippen LogP) is 2.39. The lowest BCUT2D eigenvalue weighted by molar-refractivity contribution is 0.273. The van der Waals surface area contributed by atoms with Crippen molar-refractivity contribution in [3.8, 4) is 5.75 Å². The van der Waals surface area contributed by atoms with Crippen molar-refractivity contribution in [3.05, 3.63) is 29.8 Å². The summed E-state index contributed by atoms with van der Waals surface area (Å²) in [6, 6.07) is 7.67. The summed E-state index contributed by atoms with van der Waals surface area (Å²) in [7, 11) is -0.884. The van der Waals surface area contributed by atoms with Crippen LogP contribution in [0.25, 0.3) is 0 Å². The van der Waals surface area contributed by atoms with Crippen LogP contribution in [0.4, 0.5) is 0 Å². The third-order valence-electron chi connectivity index (χ3n) is 4.29. The standard InChI is InChI=1S/C15H21NO2S/c16-15-12-7-3-4-8-13(12)18-9-14(15)19(17)10-11-5-1-2-6-11/h3-4,7-8,11,14-15H,1-2,5-6,9-10,16H2. The van der Waals surface area contributed by atoms with E-state index < -0.39 is 10.8 Å². The monoisotopic (exact) mass is 279 g/mol. The Kier molecular flexibility index (Phi) is 3.89. The lowest BCUT2D eigenvalue weighted by Crippen LogP contribution is -2.40.